The van der Waals surface area contributed by atoms with Crippen LogP contribution in [-0.2, 0) is 11.4 Å². The summed E-state index contributed by atoms with van der Waals surface area (Å²) in [6, 6.07) is 14.4. The Balaban J connectivity index is 1.29. The maximum Gasteiger partial charge on any atom is 0.271 e. The quantitative estimate of drug-likeness (QED) is 0.488. The van der Waals surface area contributed by atoms with Gasteiger partial charge in [-0.3, -0.25) is 9.59 Å². The van der Waals surface area contributed by atoms with Gasteiger partial charge >= 0.3 is 0 Å². The van der Waals surface area contributed by atoms with Crippen LogP contribution in [0.25, 0.3) is 0 Å². The summed E-state index contributed by atoms with van der Waals surface area (Å²) in [6.45, 7) is 2.19. The van der Waals surface area contributed by atoms with E-state index in [-0.39, 0.29) is 30.4 Å². The van der Waals surface area contributed by atoms with Crippen molar-refractivity contribution < 1.29 is 14.3 Å². The number of nitrogens with zero attached hydrogens (tertiary/aromatic N) is 1. The fourth-order valence-corrected chi connectivity index (χ4v) is 3.77. The van der Waals surface area contributed by atoms with Crippen molar-refractivity contribution in [2.24, 2.45) is 5.92 Å². The van der Waals surface area contributed by atoms with E-state index in [9.17, 15) is 9.59 Å². The zero-order valence-corrected chi connectivity index (χ0v) is 18.5. The lowest BCUT2D eigenvalue weighted by Crippen LogP contribution is -2.27. The van der Waals surface area contributed by atoms with Crippen LogP contribution in [0.3, 0.4) is 0 Å². The Labute approximate surface area is 189 Å². The monoisotopic (exact) mass is 455 g/mol. The van der Waals surface area contributed by atoms with Crippen LogP contribution >= 0.6 is 22.9 Å². The summed E-state index contributed by atoms with van der Waals surface area (Å²) in [5.41, 5.74) is 2.07. The van der Waals surface area contributed by atoms with Gasteiger partial charge in [-0.05, 0) is 61.7 Å². The molecular formula is C23H22ClN3O3S. The average Bonchev–Trinajstić information content (AvgIpc) is 3.52. The Morgan fingerprint density at radius 1 is 1.16 bits per heavy atom. The molecule has 4 rings (SSSR count). The van der Waals surface area contributed by atoms with Gasteiger partial charge < -0.3 is 15.4 Å². The fourth-order valence-electron chi connectivity index (χ4n) is 2.96. The van der Waals surface area contributed by atoms with E-state index in [0.717, 1.165) is 24.1 Å². The van der Waals surface area contributed by atoms with Crippen molar-refractivity contribution in [3.63, 3.8) is 0 Å². The van der Waals surface area contributed by atoms with E-state index in [1.54, 1.807) is 29.6 Å². The number of amides is 2. The summed E-state index contributed by atoms with van der Waals surface area (Å²) in [5.74, 6) is 0.689. The topological polar surface area (TPSA) is 80.3 Å². The smallest absolute Gasteiger partial charge is 0.271 e. The molecule has 1 aromatic heterocycles. The van der Waals surface area contributed by atoms with Gasteiger partial charge in [-0.2, -0.15) is 0 Å². The molecule has 160 valence electrons. The molecule has 0 unspecified atom stereocenters. The summed E-state index contributed by atoms with van der Waals surface area (Å²) in [6.07, 6.45) is 1.94. The van der Waals surface area contributed by atoms with Gasteiger partial charge in [0.1, 0.15) is 23.1 Å². The largest absolute Gasteiger partial charge is 0.486 e. The van der Waals surface area contributed by atoms with Crippen molar-refractivity contribution in [3.05, 3.63) is 75.2 Å². The Kier molecular flexibility index (Phi) is 6.53. The summed E-state index contributed by atoms with van der Waals surface area (Å²) < 4.78 is 5.68. The van der Waals surface area contributed by atoms with Gasteiger partial charge in [0.25, 0.3) is 5.91 Å². The molecule has 0 saturated heterocycles. The fraction of sp³-hybridized carbons (Fsp3) is 0.261. The van der Waals surface area contributed by atoms with E-state index < -0.39 is 0 Å². The number of carbonyl (C=O) groups excluding carboxylic acids is 2. The molecule has 0 aliphatic heterocycles. The standard InChI is InChI=1S/C23H22ClN3O3S/c1-14(15-4-8-18(9-5-15)26-22(28)16-2-3-16)25-23(29)20-13-31-21(27-20)12-30-19-10-6-17(24)7-11-19/h4-11,13-14,16H,2-3,12H2,1H3,(H,25,29)(H,26,28)/t14-/m0/s1. The molecule has 1 fully saturated rings. The van der Waals surface area contributed by atoms with E-state index in [1.165, 1.54) is 11.3 Å². The van der Waals surface area contributed by atoms with Gasteiger partial charge in [0.15, 0.2) is 0 Å². The second-order valence-corrected chi connectivity index (χ2v) is 8.83. The van der Waals surface area contributed by atoms with E-state index in [4.69, 9.17) is 16.3 Å². The van der Waals surface area contributed by atoms with Crippen LogP contribution in [0.2, 0.25) is 5.02 Å². The number of nitrogens with one attached hydrogen (secondary N) is 2. The second kappa shape index (κ2) is 9.49. The Morgan fingerprint density at radius 2 is 1.87 bits per heavy atom. The molecule has 0 bridgehead atoms. The van der Waals surface area contributed by atoms with E-state index >= 15 is 0 Å². The predicted molar refractivity (Wildman–Crippen MR) is 122 cm³/mol. The lowest BCUT2D eigenvalue weighted by atomic mass is 10.1. The Hall–Kier alpha value is -2.90. The SMILES string of the molecule is C[C@H](NC(=O)c1csc(COc2ccc(Cl)cc2)n1)c1ccc(NC(=O)C2CC2)cc1. The van der Waals surface area contributed by atoms with Crippen LogP contribution in [0.4, 0.5) is 5.69 Å². The number of anilines is 1. The van der Waals surface area contributed by atoms with Crippen molar-refractivity contribution >= 4 is 40.4 Å². The number of rotatable bonds is 8. The second-order valence-electron chi connectivity index (χ2n) is 7.45. The number of carbonyl (C=O) groups is 2. The Morgan fingerprint density at radius 3 is 2.55 bits per heavy atom. The number of benzene rings is 2. The molecule has 2 aromatic carbocycles. The molecule has 1 aliphatic carbocycles. The van der Waals surface area contributed by atoms with E-state index in [1.807, 2.05) is 31.2 Å². The zero-order valence-electron chi connectivity index (χ0n) is 16.9. The number of thiazole rings is 1. The first-order chi connectivity index (χ1) is 15.0. The molecule has 1 heterocycles. The summed E-state index contributed by atoms with van der Waals surface area (Å²) in [4.78, 5) is 28.8. The minimum absolute atomic E-state index is 0.0773. The maximum absolute atomic E-state index is 12.6. The highest BCUT2D eigenvalue weighted by Crippen LogP contribution is 2.30. The van der Waals surface area contributed by atoms with E-state index in [2.05, 4.69) is 15.6 Å². The number of aromatic nitrogens is 1. The molecule has 31 heavy (non-hydrogen) atoms. The van der Waals surface area contributed by atoms with Gasteiger partial charge in [0.2, 0.25) is 5.91 Å². The minimum Gasteiger partial charge on any atom is -0.486 e. The highest BCUT2D eigenvalue weighted by Gasteiger charge is 2.29. The molecule has 8 heteroatoms. The molecule has 1 saturated carbocycles. The molecule has 1 atom stereocenters. The lowest BCUT2D eigenvalue weighted by molar-refractivity contribution is -0.117. The van der Waals surface area contributed by atoms with Crippen molar-refractivity contribution in [2.75, 3.05) is 5.32 Å². The third-order valence-electron chi connectivity index (χ3n) is 4.93. The Bertz CT molecular complexity index is 1060. The third-order valence-corrected chi connectivity index (χ3v) is 6.01. The van der Waals surface area contributed by atoms with Gasteiger partial charge in [0, 0.05) is 22.0 Å². The number of hydrogen-bond donors (Lipinski definition) is 2. The van der Waals surface area contributed by atoms with E-state index in [0.29, 0.717) is 21.5 Å². The van der Waals surface area contributed by atoms with Crippen LogP contribution in [-0.4, -0.2) is 16.8 Å². The molecule has 0 radical (unpaired) electrons. The predicted octanol–water partition coefficient (Wildman–Crippen LogP) is 5.22. The number of halogens is 1. The van der Waals surface area contributed by atoms with Gasteiger partial charge in [-0.25, -0.2) is 4.98 Å². The zero-order chi connectivity index (χ0) is 21.8. The molecule has 2 amide bonds. The average molecular weight is 456 g/mol. The summed E-state index contributed by atoms with van der Waals surface area (Å²) >= 11 is 7.24. The normalized spacial score (nSPS) is 14.0. The number of ether oxygens (including phenoxy) is 1. The number of hydrogen-bond acceptors (Lipinski definition) is 5. The molecule has 1 aliphatic rings. The first kappa shape index (κ1) is 21.3. The van der Waals surface area contributed by atoms with Crippen LogP contribution in [0.5, 0.6) is 5.75 Å². The van der Waals surface area contributed by atoms with Crippen molar-refractivity contribution in [2.45, 2.75) is 32.4 Å². The molecule has 0 spiro atoms. The lowest BCUT2D eigenvalue weighted by Gasteiger charge is -2.14. The van der Waals surface area contributed by atoms with Crippen molar-refractivity contribution in [3.8, 4) is 5.75 Å². The maximum atomic E-state index is 12.6. The molecule has 3 aromatic rings. The first-order valence-electron chi connectivity index (χ1n) is 10.0. The molecular weight excluding hydrogens is 434 g/mol. The van der Waals surface area contributed by atoms with Crippen LogP contribution in [0, 0.1) is 5.92 Å². The first-order valence-corrected chi connectivity index (χ1v) is 11.3. The van der Waals surface area contributed by atoms with Gasteiger partial charge in [-0.15, -0.1) is 11.3 Å². The van der Waals surface area contributed by atoms with Crippen molar-refractivity contribution in [1.82, 2.24) is 10.3 Å². The van der Waals surface area contributed by atoms with Gasteiger partial charge in [0.05, 0.1) is 6.04 Å². The third kappa shape index (κ3) is 5.83. The summed E-state index contributed by atoms with van der Waals surface area (Å²) in [7, 11) is 0. The van der Waals surface area contributed by atoms with Crippen LogP contribution in [0.15, 0.2) is 53.9 Å². The van der Waals surface area contributed by atoms with Crippen molar-refractivity contribution in [1.29, 1.82) is 0 Å². The highest BCUT2D eigenvalue weighted by molar-refractivity contribution is 7.09. The minimum atomic E-state index is -0.243. The summed E-state index contributed by atoms with van der Waals surface area (Å²) in [5, 5.41) is 8.95. The van der Waals surface area contributed by atoms with Crippen LogP contribution in [0.1, 0.15) is 46.9 Å². The highest BCUT2D eigenvalue weighted by atomic mass is 35.5. The molecule has 2 N–H and O–H groups in total. The molecule has 6 nitrogen and oxygen atoms in total. The van der Waals surface area contributed by atoms with Crippen LogP contribution < -0.4 is 15.4 Å². The van der Waals surface area contributed by atoms with Gasteiger partial charge in [-0.1, -0.05) is 23.7 Å².